The number of hydrogen-bond donors (Lipinski definition) is 7. The van der Waals surface area contributed by atoms with E-state index in [0.717, 1.165) is 5.56 Å². The average Bonchev–Trinajstić information content (AvgIpc) is 1.55. The van der Waals surface area contributed by atoms with Gasteiger partial charge in [0.25, 0.3) is 19.3 Å². The molecule has 1 amide bonds. The maximum atomic E-state index is 15.8. The van der Waals surface area contributed by atoms with E-state index in [2.05, 4.69) is 68.1 Å². The third-order valence-corrected chi connectivity index (χ3v) is 26.2. The Kier molecular flexibility index (Phi) is 47.7. The third-order valence-electron chi connectivity index (χ3n) is 23.5. The fourth-order valence-corrected chi connectivity index (χ4v) is 16.8. The summed E-state index contributed by atoms with van der Waals surface area (Å²) in [6.45, 7) is 39.3. The van der Waals surface area contributed by atoms with Crippen LogP contribution >= 0.6 is 54.2 Å². The number of aryl methyl sites for hydroxylation is 1. The Morgan fingerprint density at radius 2 is 0.947 bits per heavy atom. The van der Waals surface area contributed by atoms with Crippen LogP contribution in [-0.2, 0) is 125 Å². The molecule has 44 nitrogen and oxygen atoms in total. The van der Waals surface area contributed by atoms with Gasteiger partial charge in [0.05, 0.1) is 85.9 Å². The third kappa shape index (κ3) is 31.5. The van der Waals surface area contributed by atoms with Gasteiger partial charge < -0.3 is 138 Å². The van der Waals surface area contributed by atoms with E-state index < -0.39 is 244 Å². The normalized spacial score (nSPS) is 28.8. The van der Waals surface area contributed by atoms with Gasteiger partial charge in [0.1, 0.15) is 103 Å². The number of nitrogens with two attached hydrogens (primary N) is 3. The van der Waals surface area contributed by atoms with Crippen LogP contribution in [-0.4, -0.2) is 311 Å². The number of esters is 7. The number of aliphatic imine (C=N–C) groups is 3. The van der Waals surface area contributed by atoms with Crippen molar-refractivity contribution in [2.45, 2.75) is 243 Å². The Labute approximate surface area is 905 Å². The zero-order valence-electron chi connectivity index (χ0n) is 85.4. The summed E-state index contributed by atoms with van der Waals surface area (Å²) < 4.78 is 177. The molecule has 5 fully saturated rings. The molecule has 0 radical (unpaired) electrons. The molecule has 0 bridgehead atoms. The van der Waals surface area contributed by atoms with Crippen molar-refractivity contribution in [1.29, 1.82) is 0 Å². The Bertz CT molecular complexity index is 5610. The molecule has 2 unspecified atom stereocenters. The predicted octanol–water partition coefficient (Wildman–Crippen LogP) is 5.10. The van der Waals surface area contributed by atoms with Crippen LogP contribution in [0.2, 0.25) is 0 Å². The molecule has 5 saturated heterocycles. The van der Waals surface area contributed by atoms with Crippen molar-refractivity contribution in [3.63, 3.8) is 0 Å². The first-order chi connectivity index (χ1) is 70.1. The van der Waals surface area contributed by atoms with E-state index >= 15 is 17.6 Å². The van der Waals surface area contributed by atoms with Crippen LogP contribution in [0.1, 0.15) is 120 Å². The number of fused-ring (bicyclic) bond motifs is 1. The molecule has 12 rings (SSSR count). The number of aromatic amines is 1. The van der Waals surface area contributed by atoms with Crippen molar-refractivity contribution in [1.82, 2.24) is 44.4 Å². The van der Waals surface area contributed by atoms with Gasteiger partial charge in [-0.3, -0.25) is 52.3 Å². The molecule has 55 heteroatoms. The second kappa shape index (κ2) is 56.3. The number of carbonyl (C=O) groups is 8. The number of aliphatic hydroxyl groups is 2. The van der Waals surface area contributed by atoms with E-state index in [4.69, 9.17) is 139 Å². The molecule has 11 heterocycles. The number of halogens is 9. The summed E-state index contributed by atoms with van der Waals surface area (Å²) in [6.07, 6.45) is -10.5. The summed E-state index contributed by atoms with van der Waals surface area (Å²) >= 11 is 24.1. The number of nitrogens with zero attached hydrogens (tertiary/aromatic N) is 10. The number of amides is 1. The van der Waals surface area contributed by atoms with Gasteiger partial charge >= 0.3 is 71.3 Å². The van der Waals surface area contributed by atoms with Gasteiger partial charge in [-0.1, -0.05) is 152 Å². The Morgan fingerprint density at radius 3 is 1.38 bits per heavy atom. The van der Waals surface area contributed by atoms with Gasteiger partial charge in [-0.05, 0) is 37.6 Å². The van der Waals surface area contributed by atoms with Crippen molar-refractivity contribution in [2.24, 2.45) is 61.8 Å². The molecular formula is C95H128Cl4F5N15NaO29P. The fourth-order valence-electron chi connectivity index (χ4n) is 14.8. The number of benzene rings is 1. The second-order valence-electron chi connectivity index (χ2n) is 36.5. The van der Waals surface area contributed by atoms with Gasteiger partial charge in [-0.15, -0.1) is 46.4 Å². The quantitative estimate of drug-likeness (QED) is 0.00740. The number of phosphoric ester groups is 1. The van der Waals surface area contributed by atoms with Crippen molar-refractivity contribution in [3.05, 3.63) is 170 Å². The monoisotopic (exact) mass is 2230 g/mol. The zero-order chi connectivity index (χ0) is 111. The summed E-state index contributed by atoms with van der Waals surface area (Å²) in [5.41, 5.74) is 8.98. The number of nitrogens with one attached hydrogen (secondary N) is 2. The molecule has 1 aromatic carbocycles. The number of ether oxygens (including phenoxy) is 14. The summed E-state index contributed by atoms with van der Waals surface area (Å²) in [5, 5.41) is 23.3. The topological polar surface area (TPSA) is 569 Å². The number of hydrogen-bond acceptors (Lipinski definition) is 41. The number of H-pyrrole nitrogens is 1. The van der Waals surface area contributed by atoms with E-state index in [1.165, 1.54) is 85.7 Å². The number of aromatic nitrogens is 4. The molecule has 0 spiro atoms. The van der Waals surface area contributed by atoms with Gasteiger partial charge in [0, 0.05) is 50.3 Å². The Morgan fingerprint density at radius 1 is 0.540 bits per heavy atom. The summed E-state index contributed by atoms with van der Waals surface area (Å²) in [6, 6.07) is 9.29. The number of phosphoric acid groups is 1. The summed E-state index contributed by atoms with van der Waals surface area (Å²) in [7, 11) is -4.94. The Hall–Kier alpha value is -9.84. The number of aliphatic hydroxyl groups excluding tert-OH is 2. The minimum Gasteiger partial charge on any atom is -0.756 e. The number of alkyl halides is 9. The zero-order valence-corrected chi connectivity index (χ0v) is 91.3. The van der Waals surface area contributed by atoms with E-state index in [-0.39, 0.29) is 144 Å². The average molecular weight is 2230 g/mol. The number of amidine groups is 3. The maximum Gasteiger partial charge on any atom is 1.00 e. The molecule has 150 heavy (non-hydrogen) atoms. The first kappa shape index (κ1) is 127. The summed E-state index contributed by atoms with van der Waals surface area (Å²) in [5.74, 6) is -6.60. The summed E-state index contributed by atoms with van der Waals surface area (Å²) in [4.78, 5) is 147. The van der Waals surface area contributed by atoms with Crippen molar-refractivity contribution in [3.8, 4) is 0 Å². The fraction of sp³-hybridized carbons (Fsp3) is 0.579. The van der Waals surface area contributed by atoms with Gasteiger partial charge in [0.15, 0.2) is 108 Å². The molecule has 9 aliphatic heterocycles. The smallest absolute Gasteiger partial charge is 0.756 e. The maximum absolute atomic E-state index is 15.8. The van der Waals surface area contributed by atoms with E-state index in [1.54, 1.807) is 96.9 Å². The van der Waals surface area contributed by atoms with Crippen molar-refractivity contribution < 1.29 is 185 Å². The first-order valence-electron chi connectivity index (χ1n) is 46.9. The number of rotatable bonds is 40. The minimum atomic E-state index is -4.94. The molecule has 22 atom stereocenters. The molecule has 0 saturated carbocycles. The molecule has 10 N–H and O–H groups in total. The largest absolute Gasteiger partial charge is 1.00 e. The van der Waals surface area contributed by atoms with Crippen LogP contribution in [0, 0.1) is 36.5 Å². The van der Waals surface area contributed by atoms with Crippen LogP contribution in [0.15, 0.2) is 168 Å². The van der Waals surface area contributed by atoms with Crippen LogP contribution in [0.25, 0.3) is 11.2 Å². The molecule has 3 aromatic rings. The van der Waals surface area contributed by atoms with Crippen molar-refractivity contribution in [2.75, 3.05) is 76.4 Å². The van der Waals surface area contributed by atoms with E-state index in [9.17, 15) is 67.2 Å². The Balaban J connectivity index is 0.000000255. The van der Waals surface area contributed by atoms with E-state index in [1.807, 2.05) is 30.3 Å². The van der Waals surface area contributed by atoms with Crippen LogP contribution in [0.4, 0.5) is 22.0 Å². The van der Waals surface area contributed by atoms with Crippen LogP contribution in [0.3, 0.4) is 0 Å². The minimum absolute atomic E-state index is 0. The van der Waals surface area contributed by atoms with Gasteiger partial charge in [0.2, 0.25) is 0 Å². The van der Waals surface area contributed by atoms with Crippen LogP contribution < -0.4 is 62.5 Å². The number of imidazole rings is 1. The molecular weight excluding hydrogens is 2110 g/mol. The van der Waals surface area contributed by atoms with Crippen LogP contribution in [0.5, 0.6) is 0 Å². The molecule has 826 valence electrons. The molecule has 9 aliphatic rings. The standard InChI is InChI=1S/C23H32ClFN3O8P.C21H27FN4O6.C19H26ClFN2O6.C17H23ClFN3O5.C15H21ClFN3O4.Na/c1-3-32-12-18(33-11-17-7-5-4-6-8-17)13-34-37(30,31)35-15-23(14-24)21(29)20(25)22(36-23)28-10-9-19(26)27-16(28)2;1-7-21(8-30-19(28)10(2)3)15(31-20(29)11(4)5)13(22)18(32-21)26-9-23-14-16(26)24-12(6)25-17(14)27;1-10(2)17(25)27-9-19(8-20)15(28-18(26)11(3)4)14(21)16(29-19)23-7-6-13(24)22-12(23)5;1-4-12(23)25-9-17(8-18)15(26-13(24)5-2)14(19)16(27-17)22-7-6-11(20)21-10(22)3;1-8(2)14(22)23-7-15(6-16)12(21)11(17)13(24-15)20-5-4-10(18)19-9(20)3;/h4-10,18,20-22,29H,2-3,11-15H2,1H3,(H2,26,27)(H,30,31);7,9-11,13,15,18H,1,8H2,2-6H3,(H,24,25,27);6-7,10-11,14-16H,5,8-9H2,1-4H3,(H,22,24);6-7,14-16H,3-5,8-9H2,1-2H3,(H2,20,21);4-5,8,11-13,21H,3,6-7H2,1-2H3,(H2,18,19);/q;;;;;+1/p-1/t18?,20-,21+,22-,23-;13-,15+,18-,21-;14-,15+,16-,19-;14-,15+,16-,17-;11-,12+,13-,15-;/m11111./s1. The van der Waals surface area contributed by atoms with Gasteiger partial charge in [-0.2, -0.15) is 0 Å². The molecule has 2 aromatic heterocycles. The second-order valence-corrected chi connectivity index (χ2v) is 38.9. The molecule has 0 aliphatic carbocycles. The van der Waals surface area contributed by atoms with Gasteiger partial charge in [-0.25, -0.2) is 46.9 Å². The SMILES string of the molecule is C=C1N=C(N)C=CN1[C@@H]1O[C@](CCl)(COC(=O)C(C)C)[C@@H](O)[C@H]1F.C=C1N=C(N)C=CN1[C@@H]1O[C@](CCl)(COC(=O)CC)[C@@H](OC(=O)CC)[C@H]1F.C=C1N=C(N)C=CN1[C@@H]1O[C@](CCl)(COP(=O)([O-])OCC(COCC)OCc2ccccc2)[C@@H](O)[C@H]1F.C=C1NC(=O)C=CN1[C@@H]1O[C@](CCl)(COC(=O)C(C)C)[C@@H](OC(=O)C(C)C)[C@H]1F.C=C[C@]1(COC(=O)C(C)C)O[C@@H](n2cnc3c(=O)[nH]c(C)nc32)[C@H](F)[C@@H]1OC(=O)C(C)C.[Na+]. The first-order valence-corrected chi connectivity index (χ1v) is 50.5. The number of carbonyl (C=O) groups excluding carboxylic acids is 8. The van der Waals surface area contributed by atoms with Crippen molar-refractivity contribution >= 4 is 131 Å². The van der Waals surface area contributed by atoms with E-state index in [0.29, 0.717) is 12.4 Å². The predicted molar refractivity (Wildman–Crippen MR) is 528 cm³/mol.